The van der Waals surface area contributed by atoms with Crippen LogP contribution in [-0.4, -0.2) is 45.5 Å². The number of carboxylic acid groups (broad SMARTS) is 1. The number of carboxylic acids is 1. The van der Waals surface area contributed by atoms with Crippen LogP contribution in [0.25, 0.3) is 11.5 Å². The van der Waals surface area contributed by atoms with E-state index in [0.717, 1.165) is 24.3 Å². The number of oxazole rings is 1. The third-order valence-electron chi connectivity index (χ3n) is 5.45. The predicted molar refractivity (Wildman–Crippen MR) is 93.1 cm³/mol. The molecule has 1 amide bonds. The summed E-state index contributed by atoms with van der Waals surface area (Å²) in [5.41, 5.74) is 1.19. The molecule has 7 heteroatoms. The Labute approximate surface area is 151 Å². The van der Waals surface area contributed by atoms with Crippen LogP contribution in [0.15, 0.2) is 41.0 Å². The Morgan fingerprint density at radius 3 is 2.73 bits per heavy atom. The Balaban J connectivity index is 1.39. The maximum absolute atomic E-state index is 11.7. The molecule has 0 saturated carbocycles. The van der Waals surface area contributed by atoms with E-state index in [4.69, 9.17) is 4.42 Å². The number of carbonyl (C=O) groups is 2. The normalized spacial score (nSPS) is 22.5. The van der Waals surface area contributed by atoms with Crippen molar-refractivity contribution in [1.82, 2.24) is 15.2 Å². The monoisotopic (exact) mass is 355 g/mol. The lowest BCUT2D eigenvalue weighted by atomic mass is 9.78. The van der Waals surface area contributed by atoms with Crippen LogP contribution in [0.2, 0.25) is 0 Å². The van der Waals surface area contributed by atoms with E-state index in [9.17, 15) is 14.7 Å². The Morgan fingerprint density at radius 2 is 2.04 bits per heavy atom. The summed E-state index contributed by atoms with van der Waals surface area (Å²) in [5, 5.41) is 12.4. The van der Waals surface area contributed by atoms with Gasteiger partial charge in [0.05, 0.1) is 17.2 Å². The number of aliphatic carboxylic acids is 1. The number of rotatable bonds is 4. The molecule has 0 radical (unpaired) electrons. The van der Waals surface area contributed by atoms with Gasteiger partial charge in [-0.05, 0) is 25.0 Å². The second kappa shape index (κ2) is 6.57. The van der Waals surface area contributed by atoms with Crippen LogP contribution in [0.1, 0.15) is 25.0 Å². The Hall–Kier alpha value is -2.67. The maximum atomic E-state index is 11.7. The summed E-state index contributed by atoms with van der Waals surface area (Å²) < 4.78 is 5.58. The first kappa shape index (κ1) is 16.8. The summed E-state index contributed by atoms with van der Waals surface area (Å²) in [5.74, 6) is -1.08. The Bertz CT molecular complexity index is 809. The van der Waals surface area contributed by atoms with Gasteiger partial charge >= 0.3 is 5.97 Å². The molecule has 1 atom stereocenters. The highest BCUT2D eigenvalue weighted by atomic mass is 16.4. The van der Waals surface area contributed by atoms with Crippen LogP contribution >= 0.6 is 0 Å². The molecule has 1 aromatic heterocycles. The summed E-state index contributed by atoms with van der Waals surface area (Å²) in [6, 6.07) is 9.74. The van der Waals surface area contributed by atoms with E-state index in [1.807, 2.05) is 30.3 Å². The number of nitrogens with one attached hydrogen (secondary N) is 1. The highest BCUT2D eigenvalue weighted by Gasteiger charge is 2.51. The van der Waals surface area contributed by atoms with Crippen LogP contribution < -0.4 is 5.32 Å². The average Bonchev–Trinajstić information content (AvgIpc) is 3.23. The van der Waals surface area contributed by atoms with E-state index in [1.54, 1.807) is 6.26 Å². The molecule has 0 aliphatic carbocycles. The summed E-state index contributed by atoms with van der Waals surface area (Å²) in [7, 11) is 0. The number of hydrogen-bond donors (Lipinski definition) is 2. The number of piperidine rings is 1. The standard InChI is InChI=1S/C19H21N3O4/c23-16-10-15(18(24)25)19(21-16)6-8-22(9-7-19)11-14-12-26-17(20-14)13-4-2-1-3-5-13/h1-5,12,15H,6-11H2,(H,21,23)(H,24,25)/t15-/m0/s1. The molecule has 2 saturated heterocycles. The molecule has 2 N–H and O–H groups in total. The summed E-state index contributed by atoms with van der Waals surface area (Å²) in [4.78, 5) is 30.0. The minimum absolute atomic E-state index is 0.0824. The van der Waals surface area contributed by atoms with E-state index < -0.39 is 17.4 Å². The lowest BCUT2D eigenvalue weighted by molar-refractivity contribution is -0.144. The molecule has 136 valence electrons. The van der Waals surface area contributed by atoms with Crippen molar-refractivity contribution in [1.29, 1.82) is 0 Å². The lowest BCUT2D eigenvalue weighted by Crippen LogP contribution is -2.55. The van der Waals surface area contributed by atoms with Gasteiger partial charge < -0.3 is 14.8 Å². The minimum Gasteiger partial charge on any atom is -0.481 e. The quantitative estimate of drug-likeness (QED) is 0.870. The second-order valence-electron chi connectivity index (χ2n) is 7.09. The molecular weight excluding hydrogens is 334 g/mol. The van der Waals surface area contributed by atoms with Gasteiger partial charge in [0.15, 0.2) is 0 Å². The fourth-order valence-electron chi connectivity index (χ4n) is 4.03. The van der Waals surface area contributed by atoms with Gasteiger partial charge in [-0.3, -0.25) is 14.5 Å². The van der Waals surface area contributed by atoms with E-state index in [0.29, 0.717) is 25.3 Å². The van der Waals surface area contributed by atoms with Crippen LogP contribution in [0.4, 0.5) is 0 Å². The number of benzene rings is 1. The van der Waals surface area contributed by atoms with Crippen molar-refractivity contribution in [2.75, 3.05) is 13.1 Å². The molecule has 3 heterocycles. The lowest BCUT2D eigenvalue weighted by Gasteiger charge is -2.41. The average molecular weight is 355 g/mol. The van der Waals surface area contributed by atoms with Gasteiger partial charge in [0, 0.05) is 31.6 Å². The topological polar surface area (TPSA) is 95.7 Å². The summed E-state index contributed by atoms with van der Waals surface area (Å²) >= 11 is 0. The first-order valence-electron chi connectivity index (χ1n) is 8.82. The fraction of sp³-hybridized carbons (Fsp3) is 0.421. The molecule has 4 rings (SSSR count). The molecule has 1 spiro atoms. The van der Waals surface area contributed by atoms with Gasteiger partial charge in [0.2, 0.25) is 11.8 Å². The third-order valence-corrected chi connectivity index (χ3v) is 5.45. The SMILES string of the molecule is O=C1C[C@@H](C(=O)O)C2(CCN(Cc3coc(-c4ccccc4)n3)CC2)N1. The van der Waals surface area contributed by atoms with Crippen molar-refractivity contribution in [3.05, 3.63) is 42.3 Å². The van der Waals surface area contributed by atoms with Crippen molar-refractivity contribution in [3.63, 3.8) is 0 Å². The van der Waals surface area contributed by atoms with Crippen LogP contribution in [0.3, 0.4) is 0 Å². The van der Waals surface area contributed by atoms with Crippen molar-refractivity contribution < 1.29 is 19.1 Å². The van der Waals surface area contributed by atoms with Crippen LogP contribution in [0, 0.1) is 5.92 Å². The van der Waals surface area contributed by atoms with E-state index in [-0.39, 0.29) is 12.3 Å². The Kier molecular flexibility index (Phi) is 4.24. The number of carbonyl (C=O) groups excluding carboxylic acids is 1. The molecule has 2 aliphatic rings. The number of nitrogens with zero attached hydrogens (tertiary/aromatic N) is 2. The van der Waals surface area contributed by atoms with Gasteiger partial charge in [-0.2, -0.15) is 0 Å². The third kappa shape index (κ3) is 3.10. The van der Waals surface area contributed by atoms with Gasteiger partial charge in [0.1, 0.15) is 6.26 Å². The molecule has 2 aromatic rings. The molecule has 26 heavy (non-hydrogen) atoms. The second-order valence-corrected chi connectivity index (χ2v) is 7.09. The smallest absolute Gasteiger partial charge is 0.309 e. The zero-order chi connectivity index (χ0) is 18.1. The number of likely N-dealkylation sites (tertiary alicyclic amines) is 1. The number of amides is 1. The largest absolute Gasteiger partial charge is 0.481 e. The molecule has 2 fully saturated rings. The molecule has 2 aliphatic heterocycles. The maximum Gasteiger partial charge on any atom is 0.309 e. The summed E-state index contributed by atoms with van der Waals surface area (Å²) in [6.07, 6.45) is 3.03. The highest BCUT2D eigenvalue weighted by Crippen LogP contribution is 2.37. The van der Waals surface area contributed by atoms with Crippen molar-refractivity contribution in [3.8, 4) is 11.5 Å². The van der Waals surface area contributed by atoms with Gasteiger partial charge in [0.25, 0.3) is 0 Å². The van der Waals surface area contributed by atoms with Crippen LogP contribution in [-0.2, 0) is 16.1 Å². The molecule has 0 unspecified atom stereocenters. The van der Waals surface area contributed by atoms with Gasteiger partial charge in [-0.1, -0.05) is 18.2 Å². The van der Waals surface area contributed by atoms with E-state index in [2.05, 4.69) is 15.2 Å². The van der Waals surface area contributed by atoms with E-state index >= 15 is 0 Å². The van der Waals surface area contributed by atoms with Crippen molar-refractivity contribution in [2.24, 2.45) is 5.92 Å². The highest BCUT2D eigenvalue weighted by molar-refractivity contribution is 5.88. The predicted octanol–water partition coefficient (Wildman–Crippen LogP) is 1.90. The molecule has 1 aromatic carbocycles. The Morgan fingerprint density at radius 1 is 1.31 bits per heavy atom. The molecular formula is C19H21N3O4. The minimum atomic E-state index is -0.888. The van der Waals surface area contributed by atoms with E-state index in [1.165, 1.54) is 0 Å². The number of hydrogen-bond acceptors (Lipinski definition) is 5. The fourth-order valence-corrected chi connectivity index (χ4v) is 4.03. The van der Waals surface area contributed by atoms with Gasteiger partial charge in [-0.25, -0.2) is 4.98 Å². The van der Waals surface area contributed by atoms with Gasteiger partial charge in [-0.15, -0.1) is 0 Å². The number of aromatic nitrogens is 1. The zero-order valence-corrected chi connectivity index (χ0v) is 14.4. The molecule has 7 nitrogen and oxygen atoms in total. The zero-order valence-electron chi connectivity index (χ0n) is 14.4. The summed E-state index contributed by atoms with van der Waals surface area (Å²) in [6.45, 7) is 2.09. The first-order chi connectivity index (χ1) is 12.6. The first-order valence-corrected chi connectivity index (χ1v) is 8.82. The van der Waals surface area contributed by atoms with Crippen molar-refractivity contribution >= 4 is 11.9 Å². The van der Waals surface area contributed by atoms with Crippen molar-refractivity contribution in [2.45, 2.75) is 31.3 Å². The van der Waals surface area contributed by atoms with Crippen LogP contribution in [0.5, 0.6) is 0 Å². The molecule has 0 bridgehead atoms.